The van der Waals surface area contributed by atoms with E-state index < -0.39 is 0 Å². The minimum absolute atomic E-state index is 0.428. The van der Waals surface area contributed by atoms with E-state index in [1.165, 1.54) is 0 Å². The van der Waals surface area contributed by atoms with E-state index in [1.54, 1.807) is 11.3 Å². The molecule has 0 unspecified atom stereocenters. The van der Waals surface area contributed by atoms with Crippen molar-refractivity contribution in [3.05, 3.63) is 38.3 Å². The van der Waals surface area contributed by atoms with Crippen LogP contribution in [0.1, 0.15) is 30.1 Å². The van der Waals surface area contributed by atoms with E-state index in [2.05, 4.69) is 27.8 Å². The number of nitrogens with two attached hydrogens (primary N) is 1. The summed E-state index contributed by atoms with van der Waals surface area (Å²) in [5.41, 5.74) is 7.63. The van der Waals surface area contributed by atoms with Crippen LogP contribution >= 0.6 is 27.3 Å². The average Bonchev–Trinajstić information content (AvgIpc) is 2.94. The Bertz CT molecular complexity index is 601. The molecule has 114 valence electrons. The van der Waals surface area contributed by atoms with Crippen LogP contribution in [0.15, 0.2) is 22.0 Å². The summed E-state index contributed by atoms with van der Waals surface area (Å²) in [5.74, 6) is 1.40. The fourth-order valence-corrected chi connectivity index (χ4v) is 3.20. The van der Waals surface area contributed by atoms with Crippen molar-refractivity contribution in [2.75, 3.05) is 6.61 Å². The van der Waals surface area contributed by atoms with Crippen molar-refractivity contribution < 1.29 is 9.47 Å². The van der Waals surface area contributed by atoms with Gasteiger partial charge in [0, 0.05) is 11.9 Å². The summed E-state index contributed by atoms with van der Waals surface area (Å²) in [4.78, 5) is 4.50. The second kappa shape index (κ2) is 7.77. The third-order valence-electron chi connectivity index (χ3n) is 2.87. The van der Waals surface area contributed by atoms with Gasteiger partial charge < -0.3 is 15.2 Å². The van der Waals surface area contributed by atoms with Crippen LogP contribution in [0.2, 0.25) is 0 Å². The largest absolute Gasteiger partial charge is 0.490 e. The van der Waals surface area contributed by atoms with Crippen molar-refractivity contribution in [3.63, 3.8) is 0 Å². The quantitative estimate of drug-likeness (QED) is 0.802. The van der Waals surface area contributed by atoms with E-state index in [9.17, 15) is 0 Å². The van der Waals surface area contributed by atoms with Crippen LogP contribution in [0, 0.1) is 0 Å². The molecule has 2 aromatic rings. The predicted molar refractivity (Wildman–Crippen MR) is 89.0 cm³/mol. The van der Waals surface area contributed by atoms with Gasteiger partial charge in [-0.15, -0.1) is 11.3 Å². The number of hydrogen-bond acceptors (Lipinski definition) is 5. The van der Waals surface area contributed by atoms with Crippen LogP contribution in [0.4, 0.5) is 0 Å². The number of thiazole rings is 1. The maximum Gasteiger partial charge on any atom is 0.175 e. The van der Waals surface area contributed by atoms with Crippen LogP contribution in [-0.2, 0) is 19.6 Å². The molecule has 0 radical (unpaired) electrons. The number of aryl methyl sites for hydroxylation is 1. The second-order valence-corrected chi connectivity index (χ2v) is 6.21. The molecule has 0 bridgehead atoms. The number of ether oxygens (including phenoxy) is 2. The Morgan fingerprint density at radius 1 is 1.29 bits per heavy atom. The molecule has 1 aromatic heterocycles. The topological polar surface area (TPSA) is 57.4 Å². The first-order chi connectivity index (χ1) is 10.2. The molecule has 0 aliphatic carbocycles. The Morgan fingerprint density at radius 3 is 2.71 bits per heavy atom. The predicted octanol–water partition coefficient (Wildman–Crippen LogP) is 3.90. The van der Waals surface area contributed by atoms with Gasteiger partial charge in [-0.05, 0) is 47.0 Å². The highest BCUT2D eigenvalue weighted by atomic mass is 79.9. The standard InChI is InChI=1S/C15H19BrN2O2S/c1-3-14-18-11(9-21-14)8-20-15-12(16)5-10(7-17)6-13(15)19-4-2/h5-6,9H,3-4,7-8,17H2,1-2H3. The van der Waals surface area contributed by atoms with E-state index in [0.29, 0.717) is 31.3 Å². The van der Waals surface area contributed by atoms with E-state index in [1.807, 2.05) is 24.4 Å². The molecule has 0 saturated carbocycles. The normalized spacial score (nSPS) is 10.7. The van der Waals surface area contributed by atoms with Gasteiger partial charge in [-0.3, -0.25) is 0 Å². The minimum atomic E-state index is 0.428. The smallest absolute Gasteiger partial charge is 0.175 e. The monoisotopic (exact) mass is 370 g/mol. The maximum absolute atomic E-state index is 5.90. The lowest BCUT2D eigenvalue weighted by Crippen LogP contribution is -2.03. The van der Waals surface area contributed by atoms with Gasteiger partial charge in [-0.25, -0.2) is 4.98 Å². The van der Waals surface area contributed by atoms with Gasteiger partial charge in [0.25, 0.3) is 0 Å². The SMILES string of the molecule is CCOc1cc(CN)cc(Br)c1OCc1csc(CC)n1. The molecule has 21 heavy (non-hydrogen) atoms. The number of halogens is 1. The fraction of sp³-hybridized carbons (Fsp3) is 0.400. The molecule has 6 heteroatoms. The number of rotatable bonds is 7. The van der Waals surface area contributed by atoms with Crippen LogP contribution in [0.5, 0.6) is 11.5 Å². The lowest BCUT2D eigenvalue weighted by atomic mass is 10.2. The molecule has 4 nitrogen and oxygen atoms in total. The maximum atomic E-state index is 5.90. The van der Waals surface area contributed by atoms with Gasteiger partial charge in [0.05, 0.1) is 21.8 Å². The molecule has 1 aromatic carbocycles. The van der Waals surface area contributed by atoms with Gasteiger partial charge in [0.1, 0.15) is 6.61 Å². The summed E-state index contributed by atoms with van der Waals surface area (Å²) >= 11 is 5.18. The Balaban J connectivity index is 2.17. The summed E-state index contributed by atoms with van der Waals surface area (Å²) in [6, 6.07) is 3.87. The highest BCUT2D eigenvalue weighted by molar-refractivity contribution is 9.10. The van der Waals surface area contributed by atoms with E-state index >= 15 is 0 Å². The van der Waals surface area contributed by atoms with Crippen LogP contribution in [0.3, 0.4) is 0 Å². The van der Waals surface area contributed by atoms with Crippen LogP contribution in [0.25, 0.3) is 0 Å². The lowest BCUT2D eigenvalue weighted by molar-refractivity contribution is 0.265. The Morgan fingerprint density at radius 2 is 2.10 bits per heavy atom. The van der Waals surface area contributed by atoms with Gasteiger partial charge in [0.15, 0.2) is 11.5 Å². The van der Waals surface area contributed by atoms with Gasteiger partial charge in [0.2, 0.25) is 0 Å². The summed E-state index contributed by atoms with van der Waals surface area (Å²) < 4.78 is 12.4. The Labute approximate surface area is 137 Å². The van der Waals surface area contributed by atoms with Crippen molar-refractivity contribution in [3.8, 4) is 11.5 Å². The van der Waals surface area contributed by atoms with E-state index in [-0.39, 0.29) is 0 Å². The number of aromatic nitrogens is 1. The highest BCUT2D eigenvalue weighted by Gasteiger charge is 2.13. The molecular weight excluding hydrogens is 352 g/mol. The average molecular weight is 371 g/mol. The Kier molecular flexibility index (Phi) is 6.02. The molecule has 2 N–H and O–H groups in total. The summed E-state index contributed by atoms with van der Waals surface area (Å²) in [5, 5.41) is 3.15. The number of benzene rings is 1. The first kappa shape index (κ1) is 16.3. The fourth-order valence-electron chi connectivity index (χ4n) is 1.87. The van der Waals surface area contributed by atoms with Crippen molar-refractivity contribution >= 4 is 27.3 Å². The first-order valence-corrected chi connectivity index (χ1v) is 8.56. The van der Waals surface area contributed by atoms with Crippen molar-refractivity contribution in [2.24, 2.45) is 5.73 Å². The molecule has 1 heterocycles. The zero-order chi connectivity index (χ0) is 15.2. The molecule has 0 spiro atoms. The van der Waals surface area contributed by atoms with Crippen LogP contribution < -0.4 is 15.2 Å². The zero-order valence-electron chi connectivity index (χ0n) is 12.2. The molecule has 0 amide bonds. The molecule has 0 fully saturated rings. The number of hydrogen-bond donors (Lipinski definition) is 1. The Hall–Kier alpha value is -1.11. The van der Waals surface area contributed by atoms with Crippen molar-refractivity contribution in [1.29, 1.82) is 0 Å². The van der Waals surface area contributed by atoms with Gasteiger partial charge >= 0.3 is 0 Å². The molecule has 0 aliphatic heterocycles. The minimum Gasteiger partial charge on any atom is -0.490 e. The third kappa shape index (κ3) is 4.18. The summed E-state index contributed by atoms with van der Waals surface area (Å²) in [6.45, 7) is 5.51. The van der Waals surface area contributed by atoms with Gasteiger partial charge in [-0.1, -0.05) is 6.92 Å². The molecule has 0 saturated heterocycles. The van der Waals surface area contributed by atoms with Gasteiger partial charge in [-0.2, -0.15) is 0 Å². The molecular formula is C15H19BrN2O2S. The molecule has 0 aliphatic rings. The number of nitrogens with zero attached hydrogens (tertiary/aromatic N) is 1. The molecule has 2 rings (SSSR count). The third-order valence-corrected chi connectivity index (χ3v) is 4.50. The lowest BCUT2D eigenvalue weighted by Gasteiger charge is -2.14. The molecule has 0 atom stereocenters. The highest BCUT2D eigenvalue weighted by Crippen LogP contribution is 2.37. The first-order valence-electron chi connectivity index (χ1n) is 6.89. The van der Waals surface area contributed by atoms with E-state index in [4.69, 9.17) is 15.2 Å². The van der Waals surface area contributed by atoms with Crippen molar-refractivity contribution in [1.82, 2.24) is 4.98 Å². The van der Waals surface area contributed by atoms with E-state index in [0.717, 1.165) is 27.2 Å². The second-order valence-electron chi connectivity index (χ2n) is 4.42. The van der Waals surface area contributed by atoms with Crippen LogP contribution in [-0.4, -0.2) is 11.6 Å². The summed E-state index contributed by atoms with van der Waals surface area (Å²) in [6.07, 6.45) is 0.948. The van der Waals surface area contributed by atoms with Crippen molar-refractivity contribution in [2.45, 2.75) is 33.4 Å². The summed E-state index contributed by atoms with van der Waals surface area (Å²) in [7, 11) is 0. The zero-order valence-corrected chi connectivity index (χ0v) is 14.6.